The maximum Gasteiger partial charge on any atom is 0.151 e. The molecule has 2 aromatic heterocycles. The zero-order chi connectivity index (χ0) is 19.5. The summed E-state index contributed by atoms with van der Waals surface area (Å²) in [6.45, 7) is 1.84. The van der Waals surface area contributed by atoms with E-state index in [1.54, 1.807) is 10.7 Å². The smallest absolute Gasteiger partial charge is 0.151 e. The summed E-state index contributed by atoms with van der Waals surface area (Å²) in [6.07, 6.45) is 3.92. The second-order valence-electron chi connectivity index (χ2n) is 6.23. The number of anilines is 2. The van der Waals surface area contributed by atoms with Gasteiger partial charge in [0.05, 0.1) is 23.0 Å². The molecule has 6 heteroatoms. The average molecular weight is 368 g/mol. The van der Waals surface area contributed by atoms with E-state index in [9.17, 15) is 10.1 Å². The molecule has 4 aromatic rings. The van der Waals surface area contributed by atoms with Crippen molar-refractivity contribution in [3.63, 3.8) is 0 Å². The lowest BCUT2D eigenvalue weighted by Gasteiger charge is -2.12. The first-order valence-corrected chi connectivity index (χ1v) is 8.66. The maximum absolute atomic E-state index is 11.3. The molecule has 0 radical (unpaired) electrons. The molecule has 0 atom stereocenters. The fraction of sp³-hybridized carbons (Fsp3) is 0.0455. The summed E-state index contributed by atoms with van der Waals surface area (Å²) in [6, 6.07) is 19.1. The van der Waals surface area contributed by atoms with Gasteiger partial charge in [-0.15, -0.1) is 0 Å². The van der Waals surface area contributed by atoms with Gasteiger partial charge in [0.1, 0.15) is 17.6 Å². The summed E-state index contributed by atoms with van der Waals surface area (Å²) in [7, 11) is 0. The number of fused-ring (bicyclic) bond motifs is 1. The highest BCUT2D eigenvalue weighted by Crippen LogP contribution is 2.30. The molecule has 0 fully saturated rings. The van der Waals surface area contributed by atoms with E-state index < -0.39 is 0 Å². The van der Waals surface area contributed by atoms with Crippen LogP contribution < -0.4 is 10.1 Å². The van der Waals surface area contributed by atoms with Crippen molar-refractivity contribution in [2.24, 2.45) is 0 Å². The first-order chi connectivity index (χ1) is 13.7. The molecule has 0 aliphatic rings. The van der Waals surface area contributed by atoms with Gasteiger partial charge in [-0.2, -0.15) is 10.4 Å². The van der Waals surface area contributed by atoms with Crippen molar-refractivity contribution in [3.8, 4) is 17.6 Å². The van der Waals surface area contributed by atoms with Gasteiger partial charge in [0, 0.05) is 17.4 Å². The topological polar surface area (TPSA) is 79.4 Å². The minimum absolute atomic E-state index is 0.399. The van der Waals surface area contributed by atoms with Crippen molar-refractivity contribution in [3.05, 3.63) is 83.7 Å². The molecule has 0 saturated heterocycles. The number of para-hydroxylation sites is 1. The predicted octanol–water partition coefficient (Wildman–Crippen LogP) is 4.86. The Hall–Kier alpha value is -4.11. The van der Waals surface area contributed by atoms with Crippen LogP contribution in [-0.4, -0.2) is 15.9 Å². The predicted molar refractivity (Wildman–Crippen MR) is 106 cm³/mol. The van der Waals surface area contributed by atoms with E-state index in [1.165, 1.54) is 6.20 Å². The number of nitrogens with one attached hydrogen (secondary N) is 1. The van der Waals surface area contributed by atoms with E-state index >= 15 is 0 Å². The Morgan fingerprint density at radius 1 is 1.11 bits per heavy atom. The highest BCUT2D eigenvalue weighted by atomic mass is 16.5. The van der Waals surface area contributed by atoms with Gasteiger partial charge < -0.3 is 10.1 Å². The molecule has 1 N–H and O–H groups in total. The third-order valence-electron chi connectivity index (χ3n) is 4.45. The Morgan fingerprint density at radius 2 is 1.82 bits per heavy atom. The zero-order valence-corrected chi connectivity index (χ0v) is 15.1. The first-order valence-electron chi connectivity index (χ1n) is 8.66. The van der Waals surface area contributed by atoms with Crippen molar-refractivity contribution in [2.45, 2.75) is 6.92 Å². The van der Waals surface area contributed by atoms with E-state index in [2.05, 4.69) is 16.5 Å². The molecule has 28 heavy (non-hydrogen) atoms. The summed E-state index contributed by atoms with van der Waals surface area (Å²) >= 11 is 0. The standard InChI is InChI=1S/C22H16N4O2/c1-15-17(14-27)13-26-22(15)21(16(11-23)12-24-26)25-18-7-9-20(10-8-18)28-19-5-3-2-4-6-19/h2-10,12-14,25H,1H3. The van der Waals surface area contributed by atoms with E-state index in [4.69, 9.17) is 4.74 Å². The Morgan fingerprint density at radius 3 is 2.50 bits per heavy atom. The van der Waals surface area contributed by atoms with Crippen LogP contribution in [-0.2, 0) is 0 Å². The summed E-state index contributed by atoms with van der Waals surface area (Å²) in [5.41, 5.74) is 3.81. The van der Waals surface area contributed by atoms with Crippen LogP contribution in [0.4, 0.5) is 11.4 Å². The summed E-state index contributed by atoms with van der Waals surface area (Å²) in [5, 5.41) is 17.0. The van der Waals surface area contributed by atoms with Crippen LogP contribution in [0.15, 0.2) is 67.0 Å². The molecule has 0 aliphatic carbocycles. The van der Waals surface area contributed by atoms with Crippen molar-refractivity contribution in [1.29, 1.82) is 5.26 Å². The normalized spacial score (nSPS) is 10.4. The molecule has 0 unspecified atom stereocenters. The van der Waals surface area contributed by atoms with Gasteiger partial charge in [-0.3, -0.25) is 4.79 Å². The number of benzene rings is 2. The molecule has 0 spiro atoms. The number of hydrogen-bond acceptors (Lipinski definition) is 5. The number of carbonyl (C=O) groups is 1. The molecule has 2 heterocycles. The van der Waals surface area contributed by atoms with Crippen molar-refractivity contribution >= 4 is 23.2 Å². The third kappa shape index (κ3) is 3.17. The quantitative estimate of drug-likeness (QED) is 0.509. The Balaban J connectivity index is 1.67. The summed E-state index contributed by atoms with van der Waals surface area (Å²) in [5.74, 6) is 1.47. The van der Waals surface area contributed by atoms with Gasteiger partial charge in [0.2, 0.25) is 0 Å². The number of carbonyl (C=O) groups excluding carboxylic acids is 1. The summed E-state index contributed by atoms with van der Waals surface area (Å²) < 4.78 is 7.41. The van der Waals surface area contributed by atoms with E-state index in [0.717, 1.165) is 23.3 Å². The van der Waals surface area contributed by atoms with Crippen LogP contribution in [0.3, 0.4) is 0 Å². The monoisotopic (exact) mass is 368 g/mol. The number of rotatable bonds is 5. The number of aromatic nitrogens is 2. The summed E-state index contributed by atoms with van der Waals surface area (Å²) in [4.78, 5) is 11.3. The number of ether oxygens (including phenoxy) is 1. The minimum atomic E-state index is 0.399. The highest BCUT2D eigenvalue weighted by molar-refractivity contribution is 5.90. The lowest BCUT2D eigenvalue weighted by molar-refractivity contribution is 0.112. The van der Waals surface area contributed by atoms with Crippen LogP contribution in [0, 0.1) is 18.3 Å². The minimum Gasteiger partial charge on any atom is -0.457 e. The molecule has 0 saturated carbocycles. The highest BCUT2D eigenvalue weighted by Gasteiger charge is 2.15. The Bertz CT molecular complexity index is 1190. The number of nitriles is 1. The maximum atomic E-state index is 11.3. The van der Waals surface area contributed by atoms with E-state index in [1.807, 2.05) is 61.5 Å². The average Bonchev–Trinajstić information content (AvgIpc) is 3.06. The largest absolute Gasteiger partial charge is 0.457 e. The Labute approximate surface area is 161 Å². The number of hydrogen-bond donors (Lipinski definition) is 1. The zero-order valence-electron chi connectivity index (χ0n) is 15.1. The van der Waals surface area contributed by atoms with Crippen LogP contribution in [0.5, 0.6) is 11.5 Å². The van der Waals surface area contributed by atoms with Gasteiger partial charge >= 0.3 is 0 Å². The van der Waals surface area contributed by atoms with Crippen molar-refractivity contribution < 1.29 is 9.53 Å². The lowest BCUT2D eigenvalue weighted by Crippen LogP contribution is -2.00. The van der Waals surface area contributed by atoms with Gasteiger partial charge in [-0.1, -0.05) is 18.2 Å². The molecular weight excluding hydrogens is 352 g/mol. The Kier molecular flexibility index (Phi) is 4.48. The lowest BCUT2D eigenvalue weighted by atomic mass is 10.1. The SMILES string of the molecule is Cc1c(C=O)cn2ncc(C#N)c(Nc3ccc(Oc4ccccc4)cc3)c12. The molecular formula is C22H16N4O2. The fourth-order valence-corrected chi connectivity index (χ4v) is 3.01. The third-order valence-corrected chi connectivity index (χ3v) is 4.45. The van der Waals surface area contributed by atoms with Gasteiger partial charge in [0.25, 0.3) is 0 Å². The molecule has 4 rings (SSSR count). The second kappa shape index (κ2) is 7.25. The van der Waals surface area contributed by atoms with Crippen LogP contribution in [0.2, 0.25) is 0 Å². The van der Waals surface area contributed by atoms with E-state index in [-0.39, 0.29) is 0 Å². The van der Waals surface area contributed by atoms with Gasteiger partial charge in [-0.05, 0) is 48.9 Å². The first kappa shape index (κ1) is 17.3. The van der Waals surface area contributed by atoms with Gasteiger partial charge in [-0.25, -0.2) is 4.52 Å². The molecule has 0 bridgehead atoms. The van der Waals surface area contributed by atoms with Crippen molar-refractivity contribution in [1.82, 2.24) is 9.61 Å². The second-order valence-corrected chi connectivity index (χ2v) is 6.23. The number of nitrogens with zero attached hydrogens (tertiary/aromatic N) is 3. The van der Waals surface area contributed by atoms with Crippen LogP contribution in [0.25, 0.3) is 5.52 Å². The molecule has 2 aromatic carbocycles. The number of aryl methyl sites for hydroxylation is 1. The van der Waals surface area contributed by atoms with Crippen molar-refractivity contribution in [2.75, 3.05) is 5.32 Å². The van der Waals surface area contributed by atoms with E-state index in [0.29, 0.717) is 28.1 Å². The number of aldehydes is 1. The molecule has 136 valence electrons. The van der Waals surface area contributed by atoms with Gasteiger partial charge in [0.15, 0.2) is 6.29 Å². The molecule has 6 nitrogen and oxygen atoms in total. The van der Waals surface area contributed by atoms with Crippen LogP contribution >= 0.6 is 0 Å². The fourth-order valence-electron chi connectivity index (χ4n) is 3.01. The molecule has 0 aliphatic heterocycles. The molecule has 0 amide bonds. The van der Waals surface area contributed by atoms with Crippen LogP contribution in [0.1, 0.15) is 21.5 Å².